The van der Waals surface area contributed by atoms with Crippen LogP contribution in [0.25, 0.3) is 0 Å². The zero-order valence-corrected chi connectivity index (χ0v) is 11.8. The maximum atomic E-state index is 11.0. The van der Waals surface area contributed by atoms with Gasteiger partial charge in [-0.3, -0.25) is 4.79 Å². The van der Waals surface area contributed by atoms with Crippen molar-refractivity contribution in [1.82, 2.24) is 0 Å². The van der Waals surface area contributed by atoms with E-state index in [-0.39, 0.29) is 0 Å². The molecule has 0 heterocycles. The monoisotopic (exact) mass is 269 g/mol. The molecule has 0 aliphatic carbocycles. The number of rotatable bonds is 5. The maximum Gasteiger partial charge on any atom is 0.248 e. The standard InChI is InChI=1S/C17H19NO2/c1-12(2)11-13-3-7-15(8-4-13)20-16-9-5-14(6-10-16)17(18)19/h3-10,12H,11H2,1-2H3,(H2,18,19). The van der Waals surface area contributed by atoms with Crippen LogP contribution in [-0.4, -0.2) is 5.91 Å². The molecule has 3 nitrogen and oxygen atoms in total. The fraction of sp³-hybridized carbons (Fsp3) is 0.235. The molecule has 2 rings (SSSR count). The summed E-state index contributed by atoms with van der Waals surface area (Å²) in [5.41, 5.74) is 6.97. The zero-order chi connectivity index (χ0) is 14.5. The SMILES string of the molecule is CC(C)Cc1ccc(Oc2ccc(C(N)=O)cc2)cc1. The Bertz CT molecular complexity index is 571. The molecule has 0 fully saturated rings. The highest BCUT2D eigenvalue weighted by Crippen LogP contribution is 2.22. The first-order valence-electron chi connectivity index (χ1n) is 6.71. The predicted molar refractivity (Wildman–Crippen MR) is 80.0 cm³/mol. The van der Waals surface area contributed by atoms with E-state index in [1.54, 1.807) is 24.3 Å². The average molecular weight is 269 g/mol. The second-order valence-electron chi connectivity index (χ2n) is 5.23. The van der Waals surface area contributed by atoms with Crippen molar-refractivity contribution in [3.63, 3.8) is 0 Å². The van der Waals surface area contributed by atoms with Gasteiger partial charge in [-0.15, -0.1) is 0 Å². The van der Waals surface area contributed by atoms with Gasteiger partial charge in [0.15, 0.2) is 0 Å². The van der Waals surface area contributed by atoms with Gasteiger partial charge in [-0.1, -0.05) is 26.0 Å². The van der Waals surface area contributed by atoms with Crippen LogP contribution >= 0.6 is 0 Å². The van der Waals surface area contributed by atoms with Crippen LogP contribution < -0.4 is 10.5 Å². The number of nitrogens with two attached hydrogens (primary N) is 1. The topological polar surface area (TPSA) is 52.3 Å². The summed E-state index contributed by atoms with van der Waals surface area (Å²) in [7, 11) is 0. The lowest BCUT2D eigenvalue weighted by Gasteiger charge is -2.08. The molecule has 2 aromatic carbocycles. The van der Waals surface area contributed by atoms with Crippen LogP contribution in [0.4, 0.5) is 0 Å². The Morgan fingerprint density at radius 2 is 1.50 bits per heavy atom. The summed E-state index contributed by atoms with van der Waals surface area (Å²) in [6.07, 6.45) is 1.06. The third-order valence-electron chi connectivity index (χ3n) is 2.94. The van der Waals surface area contributed by atoms with Gasteiger partial charge in [0, 0.05) is 5.56 Å². The first-order valence-corrected chi connectivity index (χ1v) is 6.71. The summed E-state index contributed by atoms with van der Waals surface area (Å²) in [4.78, 5) is 11.0. The highest BCUT2D eigenvalue weighted by atomic mass is 16.5. The largest absolute Gasteiger partial charge is 0.457 e. The van der Waals surface area contributed by atoms with E-state index in [1.807, 2.05) is 12.1 Å². The summed E-state index contributed by atoms with van der Waals surface area (Å²) < 4.78 is 5.72. The van der Waals surface area contributed by atoms with Gasteiger partial charge in [0.25, 0.3) is 0 Å². The molecule has 0 aliphatic rings. The second-order valence-corrected chi connectivity index (χ2v) is 5.23. The highest BCUT2D eigenvalue weighted by Gasteiger charge is 2.02. The molecular formula is C17H19NO2. The molecule has 0 saturated heterocycles. The third kappa shape index (κ3) is 3.85. The fourth-order valence-electron chi connectivity index (χ4n) is 1.99. The fourth-order valence-corrected chi connectivity index (χ4v) is 1.99. The number of amides is 1. The van der Waals surface area contributed by atoms with E-state index in [4.69, 9.17) is 10.5 Å². The summed E-state index contributed by atoms with van der Waals surface area (Å²) in [6, 6.07) is 14.9. The number of carbonyl (C=O) groups excluding carboxylic acids is 1. The van der Waals surface area contributed by atoms with Gasteiger partial charge in [0.05, 0.1) is 0 Å². The highest BCUT2D eigenvalue weighted by molar-refractivity contribution is 5.92. The molecule has 0 spiro atoms. The Hall–Kier alpha value is -2.29. The quantitative estimate of drug-likeness (QED) is 0.898. The molecule has 0 radical (unpaired) electrons. The van der Waals surface area contributed by atoms with E-state index in [2.05, 4.69) is 26.0 Å². The third-order valence-corrected chi connectivity index (χ3v) is 2.94. The Morgan fingerprint density at radius 1 is 1.00 bits per heavy atom. The molecule has 2 aromatic rings. The second kappa shape index (κ2) is 6.24. The molecule has 104 valence electrons. The zero-order valence-electron chi connectivity index (χ0n) is 11.8. The number of carbonyl (C=O) groups is 1. The minimum absolute atomic E-state index is 0.436. The molecule has 2 N–H and O–H groups in total. The van der Waals surface area contributed by atoms with Crippen LogP contribution in [0.3, 0.4) is 0 Å². The van der Waals surface area contributed by atoms with E-state index < -0.39 is 5.91 Å². The molecule has 0 aliphatic heterocycles. The van der Waals surface area contributed by atoms with E-state index in [0.29, 0.717) is 17.2 Å². The molecule has 0 atom stereocenters. The lowest BCUT2D eigenvalue weighted by atomic mass is 10.0. The molecule has 20 heavy (non-hydrogen) atoms. The average Bonchev–Trinajstić information content (AvgIpc) is 2.41. The Balaban J connectivity index is 2.04. The minimum atomic E-state index is -0.436. The predicted octanol–water partition coefficient (Wildman–Crippen LogP) is 3.78. The van der Waals surface area contributed by atoms with Gasteiger partial charge in [-0.05, 0) is 54.3 Å². The normalized spacial score (nSPS) is 10.6. The van der Waals surface area contributed by atoms with Crippen molar-refractivity contribution in [2.75, 3.05) is 0 Å². The van der Waals surface area contributed by atoms with Crippen molar-refractivity contribution in [3.05, 3.63) is 59.7 Å². The molecule has 0 unspecified atom stereocenters. The van der Waals surface area contributed by atoms with Crippen molar-refractivity contribution >= 4 is 5.91 Å². The lowest BCUT2D eigenvalue weighted by molar-refractivity contribution is 0.100. The van der Waals surface area contributed by atoms with Crippen LogP contribution in [0.2, 0.25) is 0 Å². The summed E-state index contributed by atoms with van der Waals surface area (Å²) in [5, 5.41) is 0. The van der Waals surface area contributed by atoms with Crippen LogP contribution in [0.1, 0.15) is 29.8 Å². The van der Waals surface area contributed by atoms with E-state index in [0.717, 1.165) is 12.2 Å². The summed E-state index contributed by atoms with van der Waals surface area (Å²) in [5.74, 6) is 1.67. The number of benzene rings is 2. The number of ether oxygens (including phenoxy) is 1. The molecular weight excluding hydrogens is 250 g/mol. The summed E-state index contributed by atoms with van der Waals surface area (Å²) >= 11 is 0. The lowest BCUT2D eigenvalue weighted by Crippen LogP contribution is -2.10. The van der Waals surface area contributed by atoms with Crippen molar-refractivity contribution in [3.8, 4) is 11.5 Å². The van der Waals surface area contributed by atoms with Crippen molar-refractivity contribution in [2.45, 2.75) is 20.3 Å². The van der Waals surface area contributed by atoms with E-state index in [1.165, 1.54) is 5.56 Å². The Morgan fingerprint density at radius 3 is 1.95 bits per heavy atom. The molecule has 0 saturated carbocycles. The van der Waals surface area contributed by atoms with Gasteiger partial charge < -0.3 is 10.5 Å². The molecule has 3 heteroatoms. The summed E-state index contributed by atoms with van der Waals surface area (Å²) in [6.45, 7) is 4.40. The van der Waals surface area contributed by atoms with Gasteiger partial charge in [-0.25, -0.2) is 0 Å². The van der Waals surface area contributed by atoms with Gasteiger partial charge in [0.2, 0.25) is 5.91 Å². The first kappa shape index (κ1) is 14.1. The Labute approximate surface area is 119 Å². The van der Waals surface area contributed by atoms with Crippen molar-refractivity contribution in [1.29, 1.82) is 0 Å². The first-order chi connectivity index (χ1) is 9.54. The van der Waals surface area contributed by atoms with Crippen molar-refractivity contribution < 1.29 is 9.53 Å². The van der Waals surface area contributed by atoms with E-state index >= 15 is 0 Å². The van der Waals surface area contributed by atoms with Gasteiger partial charge in [-0.2, -0.15) is 0 Å². The molecule has 1 amide bonds. The number of hydrogen-bond donors (Lipinski definition) is 1. The molecule has 0 bridgehead atoms. The number of hydrogen-bond acceptors (Lipinski definition) is 2. The van der Waals surface area contributed by atoms with Crippen LogP contribution in [0.15, 0.2) is 48.5 Å². The van der Waals surface area contributed by atoms with Crippen LogP contribution in [0.5, 0.6) is 11.5 Å². The molecule has 0 aromatic heterocycles. The maximum absolute atomic E-state index is 11.0. The smallest absolute Gasteiger partial charge is 0.248 e. The van der Waals surface area contributed by atoms with E-state index in [9.17, 15) is 4.79 Å². The Kier molecular flexibility index (Phi) is 4.41. The van der Waals surface area contributed by atoms with Gasteiger partial charge >= 0.3 is 0 Å². The van der Waals surface area contributed by atoms with Gasteiger partial charge in [0.1, 0.15) is 11.5 Å². The van der Waals surface area contributed by atoms with Crippen LogP contribution in [0, 0.1) is 5.92 Å². The van der Waals surface area contributed by atoms with Crippen molar-refractivity contribution in [2.24, 2.45) is 11.7 Å². The van der Waals surface area contributed by atoms with Crippen LogP contribution in [-0.2, 0) is 6.42 Å². The minimum Gasteiger partial charge on any atom is -0.457 e. The number of primary amides is 1.